The van der Waals surface area contributed by atoms with Gasteiger partial charge in [0.1, 0.15) is 23.7 Å². The van der Waals surface area contributed by atoms with E-state index in [1.54, 1.807) is 0 Å². The number of halogens is 3. The molecule has 2 heterocycles. The van der Waals surface area contributed by atoms with Gasteiger partial charge < -0.3 is 19.7 Å². The maximum atomic E-state index is 12.7. The summed E-state index contributed by atoms with van der Waals surface area (Å²) in [6, 6.07) is 0.783. The van der Waals surface area contributed by atoms with Crippen molar-refractivity contribution in [3.8, 4) is 0 Å². The number of hydrogen-bond acceptors (Lipinski definition) is 6. The highest BCUT2D eigenvalue weighted by molar-refractivity contribution is 5.07. The summed E-state index contributed by atoms with van der Waals surface area (Å²) in [7, 11) is 0. The van der Waals surface area contributed by atoms with E-state index in [1.165, 1.54) is 0 Å². The van der Waals surface area contributed by atoms with E-state index in [0.717, 1.165) is 12.3 Å². The van der Waals surface area contributed by atoms with Gasteiger partial charge in [-0.2, -0.15) is 13.2 Å². The molecule has 1 saturated heterocycles. The second-order valence-corrected chi connectivity index (χ2v) is 6.06. The molecule has 0 spiro atoms. The molecule has 1 aliphatic heterocycles. The summed E-state index contributed by atoms with van der Waals surface area (Å²) < 4.78 is 48.8. The van der Waals surface area contributed by atoms with Crippen molar-refractivity contribution in [2.45, 2.75) is 50.9 Å². The summed E-state index contributed by atoms with van der Waals surface area (Å²) in [5, 5.41) is 20.3. The molecule has 9 heteroatoms. The minimum Gasteiger partial charge on any atom is -0.390 e. The number of ether oxygens (including phenoxy) is 2. The van der Waals surface area contributed by atoms with Gasteiger partial charge in [0, 0.05) is 18.5 Å². The Kier molecular flexibility index (Phi) is 6.13. The van der Waals surface area contributed by atoms with Crippen molar-refractivity contribution in [1.29, 1.82) is 0 Å². The molecule has 1 fully saturated rings. The van der Waals surface area contributed by atoms with Crippen LogP contribution in [0.15, 0.2) is 12.3 Å². The fraction of sp³-hybridized carbons (Fsp3) is 0.733. The first-order valence-electron chi connectivity index (χ1n) is 7.67. The molecule has 1 aromatic heterocycles. The minimum atomic E-state index is -4.56. The van der Waals surface area contributed by atoms with Crippen LogP contribution in [-0.4, -0.2) is 57.8 Å². The van der Waals surface area contributed by atoms with Gasteiger partial charge in [0.25, 0.3) is 0 Å². The van der Waals surface area contributed by atoms with Crippen molar-refractivity contribution in [1.82, 2.24) is 9.97 Å². The van der Waals surface area contributed by atoms with Gasteiger partial charge >= 0.3 is 6.18 Å². The van der Waals surface area contributed by atoms with E-state index < -0.39 is 36.1 Å². The first-order valence-corrected chi connectivity index (χ1v) is 7.67. The van der Waals surface area contributed by atoms with Crippen LogP contribution in [0.3, 0.4) is 0 Å². The number of alkyl halides is 3. The zero-order valence-corrected chi connectivity index (χ0v) is 13.4. The minimum absolute atomic E-state index is 0.0279. The average Bonchev–Trinajstić information content (AvgIpc) is 2.50. The predicted molar refractivity (Wildman–Crippen MR) is 77.1 cm³/mol. The maximum absolute atomic E-state index is 12.7. The summed E-state index contributed by atoms with van der Waals surface area (Å²) in [6.45, 7) is 3.87. The highest BCUT2D eigenvalue weighted by atomic mass is 19.4. The first-order chi connectivity index (χ1) is 11.2. The normalized spacial score (nSPS) is 28.3. The third-order valence-corrected chi connectivity index (χ3v) is 3.77. The molecule has 2 rings (SSSR count). The summed E-state index contributed by atoms with van der Waals surface area (Å²) in [6.07, 6.45) is -6.63. The van der Waals surface area contributed by atoms with E-state index in [-0.39, 0.29) is 31.6 Å². The van der Waals surface area contributed by atoms with Crippen LogP contribution in [0.5, 0.6) is 0 Å². The molecule has 2 N–H and O–H groups in total. The van der Waals surface area contributed by atoms with Gasteiger partial charge in [0.15, 0.2) is 0 Å². The number of aromatic nitrogens is 2. The van der Waals surface area contributed by atoms with E-state index in [4.69, 9.17) is 9.47 Å². The smallest absolute Gasteiger partial charge is 0.390 e. The van der Waals surface area contributed by atoms with Crippen LogP contribution in [-0.2, 0) is 22.1 Å². The molecule has 0 bridgehead atoms. The number of aliphatic hydroxyl groups is 2. The SMILES string of the molecule is CC(C)OC[C@H]1OC[C@H](Cc2nccc(C(F)(F)F)n2)[C@@H](O)[C@H]1O. The Hall–Kier alpha value is -1.29. The van der Waals surface area contributed by atoms with Gasteiger partial charge in [0.05, 0.1) is 25.4 Å². The highest BCUT2D eigenvalue weighted by Gasteiger charge is 2.39. The van der Waals surface area contributed by atoms with Crippen LogP contribution < -0.4 is 0 Å². The zero-order chi connectivity index (χ0) is 17.9. The van der Waals surface area contributed by atoms with Crippen molar-refractivity contribution in [3.63, 3.8) is 0 Å². The summed E-state index contributed by atoms with van der Waals surface area (Å²) in [5.41, 5.74) is -1.04. The highest BCUT2D eigenvalue weighted by Crippen LogP contribution is 2.28. The van der Waals surface area contributed by atoms with E-state index in [2.05, 4.69) is 9.97 Å². The zero-order valence-electron chi connectivity index (χ0n) is 13.4. The lowest BCUT2D eigenvalue weighted by atomic mass is 9.89. The second kappa shape index (κ2) is 7.73. The second-order valence-electron chi connectivity index (χ2n) is 6.06. The van der Waals surface area contributed by atoms with Crippen LogP contribution in [0, 0.1) is 5.92 Å². The van der Waals surface area contributed by atoms with E-state index in [0.29, 0.717) is 0 Å². The lowest BCUT2D eigenvalue weighted by Gasteiger charge is -2.37. The lowest BCUT2D eigenvalue weighted by Crippen LogP contribution is -2.52. The third-order valence-electron chi connectivity index (χ3n) is 3.77. The largest absolute Gasteiger partial charge is 0.433 e. The molecular formula is C15H21F3N2O4. The van der Waals surface area contributed by atoms with Crippen LogP contribution >= 0.6 is 0 Å². The van der Waals surface area contributed by atoms with Crippen molar-refractivity contribution in [2.24, 2.45) is 5.92 Å². The Morgan fingerprint density at radius 1 is 1.33 bits per heavy atom. The third kappa shape index (κ3) is 4.85. The molecule has 136 valence electrons. The van der Waals surface area contributed by atoms with Crippen molar-refractivity contribution in [3.05, 3.63) is 23.8 Å². The van der Waals surface area contributed by atoms with Crippen LogP contribution in [0.25, 0.3) is 0 Å². The van der Waals surface area contributed by atoms with E-state index in [9.17, 15) is 23.4 Å². The molecule has 4 atom stereocenters. The molecule has 6 nitrogen and oxygen atoms in total. The fourth-order valence-electron chi connectivity index (χ4n) is 2.45. The van der Waals surface area contributed by atoms with E-state index >= 15 is 0 Å². The Labute approximate surface area is 137 Å². The van der Waals surface area contributed by atoms with Gasteiger partial charge in [-0.15, -0.1) is 0 Å². The Morgan fingerprint density at radius 3 is 2.67 bits per heavy atom. The van der Waals surface area contributed by atoms with Crippen molar-refractivity contribution >= 4 is 0 Å². The molecule has 0 unspecified atom stereocenters. The molecule has 0 aliphatic carbocycles. The van der Waals surface area contributed by atoms with Gasteiger partial charge in [-0.25, -0.2) is 9.97 Å². The van der Waals surface area contributed by atoms with Gasteiger partial charge in [0.2, 0.25) is 0 Å². The molecule has 1 aliphatic rings. The van der Waals surface area contributed by atoms with Crippen LogP contribution in [0.2, 0.25) is 0 Å². The van der Waals surface area contributed by atoms with Crippen LogP contribution in [0.4, 0.5) is 13.2 Å². The molecule has 0 amide bonds. The molecule has 0 radical (unpaired) electrons. The number of rotatable bonds is 5. The van der Waals surface area contributed by atoms with E-state index in [1.807, 2.05) is 13.8 Å². The fourth-order valence-corrected chi connectivity index (χ4v) is 2.45. The monoisotopic (exact) mass is 350 g/mol. The molecule has 0 aromatic carbocycles. The Bertz CT molecular complexity index is 542. The maximum Gasteiger partial charge on any atom is 0.433 e. The Balaban J connectivity index is 1.99. The first kappa shape index (κ1) is 19.0. The average molecular weight is 350 g/mol. The summed E-state index contributed by atoms with van der Waals surface area (Å²) in [4.78, 5) is 7.27. The van der Waals surface area contributed by atoms with Crippen molar-refractivity contribution < 1.29 is 32.9 Å². The predicted octanol–water partition coefficient (Wildman–Crippen LogP) is 1.20. The summed E-state index contributed by atoms with van der Waals surface area (Å²) in [5.74, 6) is -0.652. The van der Waals surface area contributed by atoms with Gasteiger partial charge in [-0.3, -0.25) is 0 Å². The van der Waals surface area contributed by atoms with Gasteiger partial charge in [-0.05, 0) is 19.9 Å². The summed E-state index contributed by atoms with van der Waals surface area (Å²) >= 11 is 0. The van der Waals surface area contributed by atoms with Crippen LogP contribution in [0.1, 0.15) is 25.4 Å². The number of hydrogen-bond donors (Lipinski definition) is 2. The van der Waals surface area contributed by atoms with Gasteiger partial charge in [-0.1, -0.05) is 0 Å². The molecule has 24 heavy (non-hydrogen) atoms. The number of aliphatic hydroxyl groups excluding tert-OH is 2. The molecular weight excluding hydrogens is 329 g/mol. The lowest BCUT2D eigenvalue weighted by molar-refractivity contribution is -0.183. The number of nitrogens with zero attached hydrogens (tertiary/aromatic N) is 2. The topological polar surface area (TPSA) is 84.7 Å². The van der Waals surface area contributed by atoms with Crippen molar-refractivity contribution in [2.75, 3.05) is 13.2 Å². The standard InChI is InChI=1S/C15H21F3N2O4/c1-8(2)23-7-10-14(22)13(21)9(6-24-10)5-12-19-4-3-11(20-12)15(16,17)18/h3-4,8-10,13-14,21-22H,5-7H2,1-2H3/t9-,10+,13+,14-/m0/s1. The molecule has 1 aromatic rings. The Morgan fingerprint density at radius 2 is 2.04 bits per heavy atom. The molecule has 0 saturated carbocycles. The quantitative estimate of drug-likeness (QED) is 0.830.